The largest absolute Gasteiger partial charge is 0.497 e. The summed E-state index contributed by atoms with van der Waals surface area (Å²) in [5, 5.41) is 0. The quantitative estimate of drug-likeness (QED) is 0.418. The van der Waals surface area contributed by atoms with E-state index in [2.05, 4.69) is 79.4 Å². The van der Waals surface area contributed by atoms with Gasteiger partial charge in [0.1, 0.15) is 5.75 Å². The summed E-state index contributed by atoms with van der Waals surface area (Å²) < 4.78 is 5.23. The van der Waals surface area contributed by atoms with Gasteiger partial charge in [0.2, 0.25) is 0 Å². The molecule has 0 heterocycles. The van der Waals surface area contributed by atoms with Crippen molar-refractivity contribution in [3.8, 4) is 28.7 Å². The topological polar surface area (TPSA) is 9.23 Å². The lowest BCUT2D eigenvalue weighted by molar-refractivity contribution is 0.319. The standard InChI is InChI=1S/C29H30O/c1-3-22-6-12-25(13-7-22)26-14-8-23(9-15-26)4-5-24-10-16-27(17-11-24)28-18-20-29(30-2)21-19-28/h8-11,14-22,25H,3,6-7,12-13H2,1-2H3. The van der Waals surface area contributed by atoms with Crippen molar-refractivity contribution in [1.82, 2.24) is 0 Å². The molecule has 0 saturated heterocycles. The Labute approximate surface area is 181 Å². The summed E-state index contributed by atoms with van der Waals surface area (Å²) in [5.41, 5.74) is 5.97. The summed E-state index contributed by atoms with van der Waals surface area (Å²) >= 11 is 0. The molecule has 1 nitrogen and oxygen atoms in total. The van der Waals surface area contributed by atoms with Crippen molar-refractivity contribution in [1.29, 1.82) is 0 Å². The van der Waals surface area contributed by atoms with Crippen molar-refractivity contribution < 1.29 is 4.74 Å². The van der Waals surface area contributed by atoms with Gasteiger partial charge in [0.15, 0.2) is 0 Å². The van der Waals surface area contributed by atoms with Gasteiger partial charge in [-0.2, -0.15) is 0 Å². The van der Waals surface area contributed by atoms with Crippen LogP contribution < -0.4 is 4.74 Å². The van der Waals surface area contributed by atoms with Crippen LogP contribution in [0.25, 0.3) is 11.1 Å². The normalized spacial score (nSPS) is 18.3. The van der Waals surface area contributed by atoms with Crippen molar-refractivity contribution >= 4 is 0 Å². The van der Waals surface area contributed by atoms with Gasteiger partial charge in [-0.05, 0) is 90.6 Å². The molecular weight excluding hydrogens is 364 g/mol. The highest BCUT2D eigenvalue weighted by molar-refractivity contribution is 5.65. The third-order valence-electron chi connectivity index (χ3n) is 6.47. The van der Waals surface area contributed by atoms with Crippen LogP contribution in [-0.2, 0) is 0 Å². The minimum Gasteiger partial charge on any atom is -0.497 e. The molecule has 1 aliphatic carbocycles. The van der Waals surface area contributed by atoms with E-state index in [1.807, 2.05) is 12.1 Å². The molecule has 0 aromatic heterocycles. The van der Waals surface area contributed by atoms with E-state index >= 15 is 0 Å². The predicted octanol–water partition coefficient (Wildman–Crippen LogP) is 7.45. The zero-order chi connectivity index (χ0) is 20.8. The van der Waals surface area contributed by atoms with Crippen LogP contribution in [0.4, 0.5) is 0 Å². The van der Waals surface area contributed by atoms with Crippen LogP contribution in [0.1, 0.15) is 61.6 Å². The van der Waals surface area contributed by atoms with Gasteiger partial charge in [0.05, 0.1) is 7.11 Å². The van der Waals surface area contributed by atoms with Crippen LogP contribution >= 0.6 is 0 Å². The second-order valence-electron chi connectivity index (χ2n) is 8.30. The molecular formula is C29H30O. The summed E-state index contributed by atoms with van der Waals surface area (Å²) in [5.74, 6) is 9.17. The lowest BCUT2D eigenvalue weighted by Gasteiger charge is -2.28. The molecule has 0 atom stereocenters. The van der Waals surface area contributed by atoms with Gasteiger partial charge in [-0.1, -0.05) is 61.6 Å². The van der Waals surface area contributed by atoms with Crippen LogP contribution in [0.15, 0.2) is 72.8 Å². The highest BCUT2D eigenvalue weighted by Crippen LogP contribution is 2.36. The maximum Gasteiger partial charge on any atom is 0.118 e. The van der Waals surface area contributed by atoms with Gasteiger partial charge in [-0.15, -0.1) is 0 Å². The first-order chi connectivity index (χ1) is 14.7. The third kappa shape index (κ3) is 4.95. The molecule has 1 aliphatic rings. The first kappa shape index (κ1) is 20.3. The average molecular weight is 395 g/mol. The molecule has 0 radical (unpaired) electrons. The zero-order valence-corrected chi connectivity index (χ0v) is 18.0. The lowest BCUT2D eigenvalue weighted by Crippen LogP contribution is -2.12. The van der Waals surface area contributed by atoms with Crippen molar-refractivity contribution in [2.24, 2.45) is 5.92 Å². The minimum atomic E-state index is 0.736. The second kappa shape index (κ2) is 9.68. The van der Waals surface area contributed by atoms with Gasteiger partial charge < -0.3 is 4.74 Å². The van der Waals surface area contributed by atoms with Crippen molar-refractivity contribution in [2.45, 2.75) is 44.9 Å². The molecule has 1 heteroatoms. The van der Waals surface area contributed by atoms with Gasteiger partial charge >= 0.3 is 0 Å². The van der Waals surface area contributed by atoms with E-state index in [0.717, 1.165) is 28.7 Å². The summed E-state index contributed by atoms with van der Waals surface area (Å²) in [6.45, 7) is 2.32. The second-order valence-corrected chi connectivity index (χ2v) is 8.30. The summed E-state index contributed by atoms with van der Waals surface area (Å²) in [4.78, 5) is 0. The Bertz CT molecular complexity index is 993. The van der Waals surface area contributed by atoms with E-state index in [9.17, 15) is 0 Å². The Kier molecular flexibility index (Phi) is 6.55. The molecule has 152 valence electrons. The fourth-order valence-electron chi connectivity index (χ4n) is 4.42. The number of hydrogen-bond donors (Lipinski definition) is 0. The molecule has 0 unspecified atom stereocenters. The molecule has 0 amide bonds. The van der Waals surface area contributed by atoms with E-state index in [4.69, 9.17) is 4.74 Å². The van der Waals surface area contributed by atoms with Gasteiger partial charge in [0.25, 0.3) is 0 Å². The fraction of sp³-hybridized carbons (Fsp3) is 0.310. The van der Waals surface area contributed by atoms with Crippen molar-refractivity contribution in [3.05, 3.63) is 89.5 Å². The Morgan fingerprint density at radius 3 is 1.70 bits per heavy atom. The highest BCUT2D eigenvalue weighted by Gasteiger charge is 2.20. The number of rotatable bonds is 4. The van der Waals surface area contributed by atoms with Crippen LogP contribution in [0.5, 0.6) is 5.75 Å². The lowest BCUT2D eigenvalue weighted by atomic mass is 9.78. The molecule has 1 fully saturated rings. The summed E-state index contributed by atoms with van der Waals surface area (Å²) in [6, 6.07) is 25.5. The minimum absolute atomic E-state index is 0.736. The predicted molar refractivity (Wildman–Crippen MR) is 126 cm³/mol. The number of hydrogen-bond acceptors (Lipinski definition) is 1. The first-order valence-electron chi connectivity index (χ1n) is 11.1. The average Bonchev–Trinajstić information content (AvgIpc) is 2.83. The van der Waals surface area contributed by atoms with Crippen molar-refractivity contribution in [2.75, 3.05) is 7.11 Å². The Balaban J connectivity index is 1.39. The smallest absolute Gasteiger partial charge is 0.118 e. The Morgan fingerprint density at radius 2 is 1.20 bits per heavy atom. The first-order valence-corrected chi connectivity index (χ1v) is 11.1. The Hall–Kier alpha value is -2.98. The molecule has 0 N–H and O–H groups in total. The van der Waals surface area contributed by atoms with Crippen LogP contribution in [0, 0.1) is 17.8 Å². The number of benzene rings is 3. The maximum absolute atomic E-state index is 5.23. The molecule has 0 aliphatic heterocycles. The number of ether oxygens (including phenoxy) is 1. The van der Waals surface area contributed by atoms with Gasteiger partial charge in [-0.3, -0.25) is 0 Å². The van der Waals surface area contributed by atoms with E-state index in [1.54, 1.807) is 7.11 Å². The highest BCUT2D eigenvalue weighted by atomic mass is 16.5. The fourth-order valence-corrected chi connectivity index (χ4v) is 4.42. The Morgan fingerprint density at radius 1 is 0.700 bits per heavy atom. The van der Waals surface area contributed by atoms with Crippen LogP contribution in [0.3, 0.4) is 0 Å². The maximum atomic E-state index is 5.23. The van der Waals surface area contributed by atoms with E-state index in [0.29, 0.717) is 0 Å². The third-order valence-corrected chi connectivity index (χ3v) is 6.47. The summed E-state index contributed by atoms with van der Waals surface area (Å²) in [7, 11) is 1.69. The molecule has 0 bridgehead atoms. The molecule has 30 heavy (non-hydrogen) atoms. The molecule has 3 aromatic rings. The molecule has 4 rings (SSSR count). The van der Waals surface area contributed by atoms with Crippen LogP contribution in [0.2, 0.25) is 0 Å². The van der Waals surface area contributed by atoms with E-state index in [-0.39, 0.29) is 0 Å². The van der Waals surface area contributed by atoms with Crippen molar-refractivity contribution in [3.63, 3.8) is 0 Å². The monoisotopic (exact) mass is 394 g/mol. The van der Waals surface area contributed by atoms with Gasteiger partial charge in [0, 0.05) is 11.1 Å². The van der Waals surface area contributed by atoms with Gasteiger partial charge in [-0.25, -0.2) is 0 Å². The van der Waals surface area contributed by atoms with E-state index in [1.165, 1.54) is 48.8 Å². The van der Waals surface area contributed by atoms with Crippen LogP contribution in [-0.4, -0.2) is 7.11 Å². The number of methoxy groups -OCH3 is 1. The molecule has 1 saturated carbocycles. The molecule has 3 aromatic carbocycles. The summed E-state index contributed by atoms with van der Waals surface area (Å²) in [6.07, 6.45) is 6.78. The SMILES string of the molecule is CCC1CCC(c2ccc(C#Cc3ccc(-c4ccc(OC)cc4)cc3)cc2)CC1. The zero-order valence-electron chi connectivity index (χ0n) is 18.0. The van der Waals surface area contributed by atoms with E-state index < -0.39 is 0 Å². The molecule has 0 spiro atoms.